The van der Waals surface area contributed by atoms with Crippen LogP contribution in [0.25, 0.3) is 0 Å². The predicted molar refractivity (Wildman–Crippen MR) is 131 cm³/mol. The second-order valence-electron chi connectivity index (χ2n) is 2.21. The molecule has 0 bridgehead atoms. The molecular weight excluding hydrogens is 478 g/mol. The van der Waals surface area contributed by atoms with Gasteiger partial charge in [-0.3, -0.25) is 19.2 Å². The van der Waals surface area contributed by atoms with Crippen LogP contribution < -0.4 is 55.4 Å². The van der Waals surface area contributed by atoms with Crippen molar-refractivity contribution in [2.45, 2.75) is 0 Å². The lowest BCUT2D eigenvalue weighted by Crippen LogP contribution is -1.92. The van der Waals surface area contributed by atoms with E-state index in [1.165, 1.54) is 0 Å². The predicted octanol–water partition coefficient (Wildman–Crippen LogP) is 1.46. The number of carbonyl (C=O) groups is 4. The van der Waals surface area contributed by atoms with Crippen LogP contribution in [0.4, 0.5) is 0 Å². The van der Waals surface area contributed by atoms with Crippen molar-refractivity contribution >= 4 is 74.4 Å². The molecule has 0 saturated carbocycles. The normalized spacial score (nSPS) is 5.10. The minimum atomic E-state index is -0.881. The molecule has 0 atom stereocenters. The molecule has 21 heteroatoms. The quantitative estimate of drug-likeness (QED) is 0.232. The van der Waals surface area contributed by atoms with E-state index in [-0.39, 0.29) is 78.4 Å². The zero-order chi connectivity index (χ0) is 17.1. The Balaban J connectivity index is -0.00000000970. The molecule has 0 rings (SSSR count). The highest BCUT2D eigenvalue weighted by atomic mass is 32.1. The summed E-state index contributed by atoms with van der Waals surface area (Å²) in [7, 11) is 0. The summed E-state index contributed by atoms with van der Waals surface area (Å²) in [6.07, 6.45) is 0. The minimum absolute atomic E-state index is 0. The van der Waals surface area contributed by atoms with Crippen LogP contribution >= 0.6 is 50.5 Å². The SMILES string of the molecule is N.N.N.N.N.N.N.N.N.O=C(O)CS.O=C(O)CS.O=C(O)CS.O=C(O)CS. The summed E-state index contributed by atoms with van der Waals surface area (Å²) < 4.78 is 0. The van der Waals surface area contributed by atoms with E-state index in [9.17, 15) is 19.2 Å². The van der Waals surface area contributed by atoms with Gasteiger partial charge in [0, 0.05) is 0 Å². The Kier molecular flexibility index (Phi) is 255. The monoisotopic (exact) mass is 521 g/mol. The average molecular weight is 522 g/mol. The molecule has 0 aromatic carbocycles. The first kappa shape index (κ1) is 90.9. The summed E-state index contributed by atoms with van der Waals surface area (Å²) in [5, 5.41) is 30.6. The minimum Gasteiger partial charge on any atom is -0.481 e. The highest BCUT2D eigenvalue weighted by Gasteiger charge is 1.83. The molecule has 0 radical (unpaired) electrons. The maximum absolute atomic E-state index is 9.29. The summed E-state index contributed by atoms with van der Waals surface area (Å²) in [5.41, 5.74) is 0. The molecule has 0 saturated heterocycles. The number of hydrogen-bond acceptors (Lipinski definition) is 17. The van der Waals surface area contributed by atoms with E-state index in [2.05, 4.69) is 50.5 Å². The van der Waals surface area contributed by atoms with E-state index in [0.717, 1.165) is 0 Å². The Morgan fingerprint density at radius 2 is 0.414 bits per heavy atom. The third-order valence-corrected chi connectivity index (χ3v) is 1.62. The molecule has 29 heavy (non-hydrogen) atoms. The van der Waals surface area contributed by atoms with E-state index in [1.807, 2.05) is 0 Å². The smallest absolute Gasteiger partial charge is 0.313 e. The molecule has 192 valence electrons. The fourth-order valence-corrected chi connectivity index (χ4v) is 0. The lowest BCUT2D eigenvalue weighted by molar-refractivity contribution is -0.134. The average Bonchev–Trinajstić information content (AvgIpc) is 2.40. The first-order valence-corrected chi connectivity index (χ1v) is 6.92. The molecule has 0 unspecified atom stereocenters. The Labute approximate surface area is 192 Å². The second kappa shape index (κ2) is 81.2. The summed E-state index contributed by atoms with van der Waals surface area (Å²) in [4.78, 5) is 37.2. The van der Waals surface area contributed by atoms with E-state index in [0.29, 0.717) is 0 Å². The summed E-state index contributed by atoms with van der Waals surface area (Å²) in [6, 6.07) is 0. The first-order valence-electron chi connectivity index (χ1n) is 4.39. The highest BCUT2D eigenvalue weighted by Crippen LogP contribution is 1.67. The van der Waals surface area contributed by atoms with E-state index < -0.39 is 23.9 Å². The largest absolute Gasteiger partial charge is 0.481 e. The van der Waals surface area contributed by atoms with Crippen molar-refractivity contribution < 1.29 is 39.6 Å². The third kappa shape index (κ3) is 349. The van der Waals surface area contributed by atoms with Crippen molar-refractivity contribution in [2.24, 2.45) is 0 Å². The Morgan fingerprint density at radius 3 is 0.414 bits per heavy atom. The van der Waals surface area contributed by atoms with Crippen LogP contribution in [-0.4, -0.2) is 67.3 Å². The molecule has 31 N–H and O–H groups in total. The van der Waals surface area contributed by atoms with Crippen LogP contribution in [-0.2, 0) is 19.2 Å². The zero-order valence-corrected chi connectivity index (χ0v) is 20.0. The standard InChI is InChI=1S/4C2H4O2S.9H3N/c4*3-2(4)1-5;;;;;;;;;/h4*5H,1H2,(H,3,4);9*1H3. The van der Waals surface area contributed by atoms with Crippen molar-refractivity contribution in [2.75, 3.05) is 23.0 Å². The molecule has 0 spiro atoms. The Bertz CT molecular complexity index is 254. The number of carboxylic acid groups (broad SMARTS) is 4. The van der Waals surface area contributed by atoms with Crippen molar-refractivity contribution in [1.82, 2.24) is 55.4 Å². The molecule has 0 aromatic rings. The van der Waals surface area contributed by atoms with Gasteiger partial charge < -0.3 is 75.8 Å². The number of rotatable bonds is 4. The van der Waals surface area contributed by atoms with Gasteiger partial charge in [-0.2, -0.15) is 50.5 Å². The Hall–Kier alpha value is -1.08. The van der Waals surface area contributed by atoms with Crippen molar-refractivity contribution in [3.8, 4) is 0 Å². The van der Waals surface area contributed by atoms with E-state index in [1.54, 1.807) is 0 Å². The third-order valence-electron chi connectivity index (χ3n) is 0.541. The highest BCUT2D eigenvalue weighted by molar-refractivity contribution is 7.81. The van der Waals surface area contributed by atoms with E-state index in [4.69, 9.17) is 20.4 Å². The lowest BCUT2D eigenvalue weighted by Gasteiger charge is -1.71. The lowest BCUT2D eigenvalue weighted by atomic mass is 10.8. The van der Waals surface area contributed by atoms with Gasteiger partial charge in [-0.25, -0.2) is 0 Å². The van der Waals surface area contributed by atoms with E-state index >= 15 is 0 Å². The zero-order valence-electron chi connectivity index (χ0n) is 16.4. The summed E-state index contributed by atoms with van der Waals surface area (Å²) >= 11 is 13.7. The van der Waals surface area contributed by atoms with Crippen LogP contribution in [0.3, 0.4) is 0 Å². The van der Waals surface area contributed by atoms with Gasteiger partial charge in [0.15, 0.2) is 0 Å². The second-order valence-corrected chi connectivity index (χ2v) is 3.47. The van der Waals surface area contributed by atoms with Gasteiger partial charge in [-0.05, 0) is 0 Å². The van der Waals surface area contributed by atoms with Gasteiger partial charge in [0.2, 0.25) is 0 Å². The van der Waals surface area contributed by atoms with Gasteiger partial charge in [0.25, 0.3) is 0 Å². The van der Waals surface area contributed by atoms with Crippen molar-refractivity contribution in [1.29, 1.82) is 0 Å². The van der Waals surface area contributed by atoms with Crippen molar-refractivity contribution in [3.05, 3.63) is 0 Å². The fraction of sp³-hybridized carbons (Fsp3) is 0.500. The summed E-state index contributed by atoms with van der Waals surface area (Å²) in [6.45, 7) is 0. The number of aliphatic carboxylic acids is 4. The van der Waals surface area contributed by atoms with Crippen molar-refractivity contribution in [3.63, 3.8) is 0 Å². The van der Waals surface area contributed by atoms with Crippen LogP contribution in [0.15, 0.2) is 0 Å². The topological polar surface area (TPSA) is 464 Å². The number of hydrogen-bond donors (Lipinski definition) is 17. The van der Waals surface area contributed by atoms with Gasteiger partial charge >= 0.3 is 23.9 Å². The van der Waals surface area contributed by atoms with Crippen LogP contribution in [0, 0.1) is 0 Å². The molecule has 17 nitrogen and oxygen atoms in total. The maximum Gasteiger partial charge on any atom is 0.313 e. The maximum atomic E-state index is 9.29. The number of thiol groups is 4. The number of carboxylic acids is 4. The van der Waals surface area contributed by atoms with Gasteiger partial charge in [0.05, 0.1) is 23.0 Å². The first-order chi connectivity index (χ1) is 9.08. The van der Waals surface area contributed by atoms with Gasteiger partial charge in [-0.15, -0.1) is 0 Å². The van der Waals surface area contributed by atoms with Crippen LogP contribution in [0.2, 0.25) is 0 Å². The van der Waals surface area contributed by atoms with Crippen LogP contribution in [0.5, 0.6) is 0 Å². The molecule has 0 aromatic heterocycles. The molecule has 0 fully saturated rings. The summed E-state index contributed by atoms with van der Waals surface area (Å²) in [5.74, 6) is -3.86. The van der Waals surface area contributed by atoms with Gasteiger partial charge in [-0.1, -0.05) is 0 Å². The molecule has 0 aliphatic rings. The molecule has 0 heterocycles. The fourth-order valence-electron chi connectivity index (χ4n) is 0. The molecule has 0 aliphatic heterocycles. The molecule has 0 aliphatic carbocycles. The van der Waals surface area contributed by atoms with Gasteiger partial charge in [0.1, 0.15) is 0 Å². The molecular formula is C8H43N9O8S4. The molecule has 0 amide bonds. The Morgan fingerprint density at radius 1 is 0.379 bits per heavy atom. The van der Waals surface area contributed by atoms with Crippen LogP contribution in [0.1, 0.15) is 0 Å².